The third kappa shape index (κ3) is 5.29. The molecular weight excluding hydrogens is 358 g/mol. The number of amides is 1. The minimum atomic E-state index is -0.0928. The third-order valence-corrected chi connectivity index (χ3v) is 7.22. The molecule has 0 bridgehead atoms. The van der Waals surface area contributed by atoms with Gasteiger partial charge in [-0.05, 0) is 69.2 Å². The molecule has 1 aromatic rings. The molecule has 1 atom stereocenters. The lowest BCUT2D eigenvalue weighted by Gasteiger charge is -2.38. The number of carbonyl (C=O) groups excluding carboxylic acids is 1. The van der Waals surface area contributed by atoms with Gasteiger partial charge >= 0.3 is 0 Å². The molecule has 4 rings (SSSR count). The quantitative estimate of drug-likeness (QED) is 0.717. The van der Waals surface area contributed by atoms with E-state index in [0.29, 0.717) is 17.9 Å². The number of rotatable bonds is 7. The molecule has 0 radical (unpaired) electrons. The number of hydrogen-bond donors (Lipinski definition) is 1. The summed E-state index contributed by atoms with van der Waals surface area (Å²) in [5.41, 5.74) is 2.88. The van der Waals surface area contributed by atoms with E-state index < -0.39 is 0 Å². The first-order valence-corrected chi connectivity index (χ1v) is 11.7. The molecule has 0 spiro atoms. The molecular formula is C25H37N3O. The highest BCUT2D eigenvalue weighted by atomic mass is 16.2. The second-order valence-corrected chi connectivity index (χ2v) is 9.20. The largest absolute Gasteiger partial charge is 0.338 e. The van der Waals surface area contributed by atoms with Crippen LogP contribution in [0.2, 0.25) is 0 Å². The second-order valence-electron chi connectivity index (χ2n) is 9.20. The summed E-state index contributed by atoms with van der Waals surface area (Å²) in [5, 5.41) is 3.33. The first-order valence-electron chi connectivity index (χ1n) is 11.7. The van der Waals surface area contributed by atoms with Crippen molar-refractivity contribution < 1.29 is 4.79 Å². The predicted octanol–water partition coefficient (Wildman–Crippen LogP) is 3.55. The zero-order chi connectivity index (χ0) is 20.1. The predicted molar refractivity (Wildman–Crippen MR) is 119 cm³/mol. The molecule has 1 N–H and O–H groups in total. The van der Waals surface area contributed by atoms with Crippen molar-refractivity contribution >= 4 is 5.91 Å². The van der Waals surface area contributed by atoms with E-state index in [0.717, 1.165) is 26.1 Å². The minimum absolute atomic E-state index is 0.0928. The lowest BCUT2D eigenvalue weighted by atomic mass is 9.94. The normalized spacial score (nSPS) is 23.7. The van der Waals surface area contributed by atoms with Crippen molar-refractivity contribution in [3.63, 3.8) is 0 Å². The van der Waals surface area contributed by atoms with Gasteiger partial charge in [-0.25, -0.2) is 0 Å². The Bertz CT molecular complexity index is 702. The van der Waals surface area contributed by atoms with Gasteiger partial charge in [0.1, 0.15) is 6.04 Å². The van der Waals surface area contributed by atoms with Gasteiger partial charge in [0.2, 0.25) is 5.91 Å². The van der Waals surface area contributed by atoms with E-state index in [1.165, 1.54) is 62.7 Å². The van der Waals surface area contributed by atoms with Gasteiger partial charge in [0.05, 0.1) is 0 Å². The van der Waals surface area contributed by atoms with Crippen LogP contribution in [-0.4, -0.2) is 60.5 Å². The molecule has 1 aliphatic carbocycles. The van der Waals surface area contributed by atoms with Crippen molar-refractivity contribution in [2.75, 3.05) is 32.7 Å². The van der Waals surface area contributed by atoms with Gasteiger partial charge in [-0.1, -0.05) is 49.3 Å². The second kappa shape index (κ2) is 9.90. The Kier molecular flexibility index (Phi) is 7.04. The maximum atomic E-state index is 13.2. The Hall–Kier alpha value is -1.65. The van der Waals surface area contributed by atoms with Crippen LogP contribution >= 0.6 is 0 Å². The summed E-state index contributed by atoms with van der Waals surface area (Å²) in [4.78, 5) is 18.0. The Labute approximate surface area is 176 Å². The molecule has 2 aliphatic heterocycles. The van der Waals surface area contributed by atoms with Gasteiger partial charge < -0.3 is 9.80 Å². The van der Waals surface area contributed by atoms with Crippen molar-refractivity contribution in [3.05, 3.63) is 47.5 Å². The van der Waals surface area contributed by atoms with Crippen molar-refractivity contribution in [2.24, 2.45) is 5.92 Å². The number of hydrogen-bond acceptors (Lipinski definition) is 3. The van der Waals surface area contributed by atoms with E-state index in [-0.39, 0.29) is 6.04 Å². The number of benzene rings is 1. The third-order valence-electron chi connectivity index (χ3n) is 7.22. The molecule has 0 unspecified atom stereocenters. The van der Waals surface area contributed by atoms with E-state index in [9.17, 15) is 4.79 Å². The molecule has 4 nitrogen and oxygen atoms in total. The van der Waals surface area contributed by atoms with E-state index in [2.05, 4.69) is 58.5 Å². The summed E-state index contributed by atoms with van der Waals surface area (Å²) in [6.07, 6.45) is 12.7. The van der Waals surface area contributed by atoms with Crippen LogP contribution in [0.3, 0.4) is 0 Å². The van der Waals surface area contributed by atoms with Gasteiger partial charge in [-0.2, -0.15) is 0 Å². The number of likely N-dealkylation sites (tertiary alicyclic amines) is 1. The maximum Gasteiger partial charge on any atom is 0.243 e. The van der Waals surface area contributed by atoms with Gasteiger partial charge in [0.25, 0.3) is 0 Å². The molecule has 0 aromatic heterocycles. The van der Waals surface area contributed by atoms with Crippen LogP contribution in [0.25, 0.3) is 0 Å². The van der Waals surface area contributed by atoms with Crippen LogP contribution in [0.5, 0.6) is 0 Å². The topological polar surface area (TPSA) is 35.6 Å². The maximum absolute atomic E-state index is 13.2. The highest BCUT2D eigenvalue weighted by Gasteiger charge is 2.33. The zero-order valence-electron chi connectivity index (χ0n) is 18.0. The monoisotopic (exact) mass is 395 g/mol. The SMILES string of the molecule is Cc1ccccc1CCN1CCC(CN(C(=O)[C@@H]2C=CCN2)C2CCCC2)CC1. The molecule has 29 heavy (non-hydrogen) atoms. The number of nitrogens with one attached hydrogen (secondary N) is 1. The van der Waals surface area contributed by atoms with Crippen LogP contribution in [-0.2, 0) is 11.2 Å². The first-order chi connectivity index (χ1) is 14.2. The van der Waals surface area contributed by atoms with Gasteiger partial charge in [0.15, 0.2) is 0 Å². The summed E-state index contributed by atoms with van der Waals surface area (Å²) in [5.74, 6) is 0.965. The summed E-state index contributed by atoms with van der Waals surface area (Å²) in [6, 6.07) is 9.13. The van der Waals surface area contributed by atoms with Crippen LogP contribution in [0.4, 0.5) is 0 Å². The van der Waals surface area contributed by atoms with Gasteiger partial charge in [0, 0.05) is 25.7 Å². The number of piperidine rings is 1. The first kappa shape index (κ1) is 20.6. The van der Waals surface area contributed by atoms with E-state index in [1.54, 1.807) is 0 Å². The van der Waals surface area contributed by atoms with Crippen LogP contribution < -0.4 is 5.32 Å². The van der Waals surface area contributed by atoms with E-state index in [1.807, 2.05) is 0 Å². The smallest absolute Gasteiger partial charge is 0.243 e. The molecule has 2 heterocycles. The Morgan fingerprint density at radius 2 is 1.90 bits per heavy atom. The van der Waals surface area contributed by atoms with Crippen molar-refractivity contribution in [1.82, 2.24) is 15.1 Å². The highest BCUT2D eigenvalue weighted by Crippen LogP contribution is 2.28. The van der Waals surface area contributed by atoms with Crippen molar-refractivity contribution in [2.45, 2.75) is 64.0 Å². The zero-order valence-corrected chi connectivity index (χ0v) is 18.0. The summed E-state index contributed by atoms with van der Waals surface area (Å²) in [7, 11) is 0. The summed E-state index contributed by atoms with van der Waals surface area (Å²) >= 11 is 0. The highest BCUT2D eigenvalue weighted by molar-refractivity contribution is 5.84. The molecule has 1 saturated heterocycles. The number of carbonyl (C=O) groups is 1. The van der Waals surface area contributed by atoms with Crippen LogP contribution in [0, 0.1) is 12.8 Å². The Balaban J connectivity index is 1.28. The van der Waals surface area contributed by atoms with Gasteiger partial charge in [-0.3, -0.25) is 10.1 Å². The fourth-order valence-electron chi connectivity index (χ4n) is 5.29. The molecule has 1 aromatic carbocycles. The van der Waals surface area contributed by atoms with Crippen molar-refractivity contribution in [1.29, 1.82) is 0 Å². The Morgan fingerprint density at radius 1 is 1.14 bits per heavy atom. The molecule has 1 saturated carbocycles. The average Bonchev–Trinajstić information content (AvgIpc) is 3.46. The molecule has 158 valence electrons. The van der Waals surface area contributed by atoms with E-state index >= 15 is 0 Å². The van der Waals surface area contributed by atoms with Crippen molar-refractivity contribution in [3.8, 4) is 0 Å². The number of aryl methyl sites for hydroxylation is 1. The number of nitrogens with zero attached hydrogens (tertiary/aromatic N) is 2. The average molecular weight is 396 g/mol. The van der Waals surface area contributed by atoms with Crippen LogP contribution in [0.1, 0.15) is 49.7 Å². The summed E-state index contributed by atoms with van der Waals surface area (Å²) in [6.45, 7) is 7.50. The Morgan fingerprint density at radius 3 is 2.59 bits per heavy atom. The van der Waals surface area contributed by atoms with Crippen LogP contribution in [0.15, 0.2) is 36.4 Å². The molecule has 3 aliphatic rings. The molecule has 2 fully saturated rings. The fourth-order valence-corrected chi connectivity index (χ4v) is 5.29. The molecule has 1 amide bonds. The minimum Gasteiger partial charge on any atom is -0.338 e. The van der Waals surface area contributed by atoms with E-state index in [4.69, 9.17) is 0 Å². The lowest BCUT2D eigenvalue weighted by molar-refractivity contribution is -0.135. The fraction of sp³-hybridized carbons (Fsp3) is 0.640. The van der Waals surface area contributed by atoms with Gasteiger partial charge in [-0.15, -0.1) is 0 Å². The summed E-state index contributed by atoms with van der Waals surface area (Å²) < 4.78 is 0. The standard InChI is InChI=1S/C25H37N3O/c1-20-7-2-3-8-22(20)14-18-27-16-12-21(13-17-27)19-28(23-9-4-5-10-23)25(29)24-11-6-15-26-24/h2-3,6-8,11,21,23-24,26H,4-5,9-10,12-19H2,1H3/t24-/m0/s1. The molecule has 4 heteroatoms. The lowest BCUT2D eigenvalue weighted by Crippen LogP contribution is -2.50.